The van der Waals surface area contributed by atoms with Crippen LogP contribution < -0.4 is 9.80 Å². The van der Waals surface area contributed by atoms with Crippen LogP contribution in [0.25, 0.3) is 0 Å². The highest BCUT2D eigenvalue weighted by atomic mass is 32.2. The molecule has 1 aromatic heterocycles. The second-order valence-corrected chi connectivity index (χ2v) is 9.49. The Morgan fingerprint density at radius 3 is 2.14 bits per heavy atom. The van der Waals surface area contributed by atoms with Crippen molar-refractivity contribution in [1.82, 2.24) is 14.3 Å². The maximum absolute atomic E-state index is 13.6. The minimum atomic E-state index is -3.72. The maximum atomic E-state index is 13.6. The molecule has 0 atom stereocenters. The normalized spacial score (nSPS) is 18.8. The Morgan fingerprint density at radius 1 is 0.862 bits per heavy atom. The van der Waals surface area contributed by atoms with Crippen LogP contribution in [0.15, 0.2) is 35.5 Å². The smallest absolute Gasteiger partial charge is 0.243 e. The van der Waals surface area contributed by atoms with Crippen molar-refractivity contribution >= 4 is 21.7 Å². The molecule has 2 aromatic rings. The lowest BCUT2D eigenvalue weighted by Gasteiger charge is -2.35. The van der Waals surface area contributed by atoms with Crippen molar-refractivity contribution in [2.45, 2.75) is 31.1 Å². The van der Waals surface area contributed by atoms with E-state index in [-0.39, 0.29) is 4.90 Å². The van der Waals surface area contributed by atoms with Crippen LogP contribution in [0.3, 0.4) is 0 Å². The number of piperidine rings is 1. The van der Waals surface area contributed by atoms with E-state index in [1.165, 1.54) is 35.7 Å². The summed E-state index contributed by atoms with van der Waals surface area (Å²) in [5.41, 5.74) is 0.552. The molecule has 2 fully saturated rings. The zero-order valence-corrected chi connectivity index (χ0v) is 17.4. The predicted octanol–water partition coefficient (Wildman–Crippen LogP) is 2.43. The minimum absolute atomic E-state index is 0.0420. The van der Waals surface area contributed by atoms with Gasteiger partial charge in [0.05, 0.1) is 4.90 Å². The van der Waals surface area contributed by atoms with Crippen molar-refractivity contribution in [3.8, 4) is 0 Å². The van der Waals surface area contributed by atoms with Gasteiger partial charge in [-0.1, -0.05) is 6.07 Å². The molecule has 2 aliphatic heterocycles. The first-order valence-corrected chi connectivity index (χ1v) is 11.5. The van der Waals surface area contributed by atoms with Crippen LogP contribution in [0.1, 0.15) is 24.8 Å². The van der Waals surface area contributed by atoms with Crippen molar-refractivity contribution in [3.63, 3.8) is 0 Å². The van der Waals surface area contributed by atoms with E-state index in [0.29, 0.717) is 31.7 Å². The molecule has 0 aliphatic carbocycles. The van der Waals surface area contributed by atoms with Gasteiger partial charge in [0.1, 0.15) is 23.8 Å². The van der Waals surface area contributed by atoms with E-state index in [1.807, 2.05) is 6.07 Å². The second kappa shape index (κ2) is 8.23. The summed E-state index contributed by atoms with van der Waals surface area (Å²) in [6.07, 6.45) is 5.19. The van der Waals surface area contributed by atoms with Crippen LogP contribution >= 0.6 is 0 Å². The van der Waals surface area contributed by atoms with Gasteiger partial charge in [0, 0.05) is 45.3 Å². The van der Waals surface area contributed by atoms with Gasteiger partial charge >= 0.3 is 0 Å². The number of piperazine rings is 1. The van der Waals surface area contributed by atoms with Gasteiger partial charge in [-0.05, 0) is 43.9 Å². The highest BCUT2D eigenvalue weighted by Crippen LogP contribution is 2.25. The third-order valence-electron chi connectivity index (χ3n) is 5.65. The van der Waals surface area contributed by atoms with E-state index in [2.05, 4.69) is 19.8 Å². The highest BCUT2D eigenvalue weighted by molar-refractivity contribution is 7.89. The molecule has 0 spiro atoms. The van der Waals surface area contributed by atoms with E-state index in [1.54, 1.807) is 13.3 Å². The quantitative estimate of drug-likeness (QED) is 0.758. The maximum Gasteiger partial charge on any atom is 0.243 e. The molecule has 2 aliphatic rings. The monoisotopic (exact) mass is 419 g/mol. The molecule has 0 amide bonds. The molecule has 7 nitrogen and oxygen atoms in total. The van der Waals surface area contributed by atoms with Gasteiger partial charge in [-0.3, -0.25) is 0 Å². The summed E-state index contributed by atoms with van der Waals surface area (Å²) in [4.78, 5) is 13.2. The van der Waals surface area contributed by atoms with E-state index in [9.17, 15) is 12.8 Å². The number of nitrogens with zero attached hydrogens (tertiary/aromatic N) is 5. The van der Waals surface area contributed by atoms with Gasteiger partial charge in [0.25, 0.3) is 0 Å². The fourth-order valence-electron chi connectivity index (χ4n) is 3.95. The van der Waals surface area contributed by atoms with Crippen LogP contribution in [0.2, 0.25) is 0 Å². The Bertz CT molecular complexity index is 971. The summed E-state index contributed by atoms with van der Waals surface area (Å²) < 4.78 is 41.0. The van der Waals surface area contributed by atoms with Gasteiger partial charge in [-0.15, -0.1) is 0 Å². The number of aryl methyl sites for hydroxylation is 1. The van der Waals surface area contributed by atoms with Gasteiger partial charge in [-0.25, -0.2) is 22.8 Å². The summed E-state index contributed by atoms with van der Waals surface area (Å²) in [6.45, 7) is 5.44. The molecule has 4 rings (SSSR count). The zero-order chi connectivity index (χ0) is 20.4. The third-order valence-corrected chi connectivity index (χ3v) is 7.69. The first-order chi connectivity index (χ1) is 13.9. The fourth-order valence-corrected chi connectivity index (χ4v) is 5.61. The molecule has 0 radical (unpaired) electrons. The van der Waals surface area contributed by atoms with E-state index < -0.39 is 15.8 Å². The summed E-state index contributed by atoms with van der Waals surface area (Å²) >= 11 is 0. The Labute approximate surface area is 171 Å². The van der Waals surface area contributed by atoms with Gasteiger partial charge < -0.3 is 9.80 Å². The molecular weight excluding hydrogens is 393 g/mol. The van der Waals surface area contributed by atoms with Gasteiger partial charge in [0.15, 0.2) is 0 Å². The second-order valence-electron chi connectivity index (χ2n) is 7.58. The average molecular weight is 420 g/mol. The largest absolute Gasteiger partial charge is 0.356 e. The number of halogens is 1. The SMILES string of the molecule is Cc1ccc(F)cc1S(=O)(=O)N1CCN(c2cc(N3CCCCC3)ncn2)CC1. The van der Waals surface area contributed by atoms with Crippen LogP contribution in [0.4, 0.5) is 16.0 Å². The van der Waals surface area contributed by atoms with Crippen molar-refractivity contribution < 1.29 is 12.8 Å². The Balaban J connectivity index is 1.46. The summed E-state index contributed by atoms with van der Waals surface area (Å²) in [5.74, 6) is 1.21. The lowest BCUT2D eigenvalue weighted by Crippen LogP contribution is -2.49. The number of anilines is 2. The van der Waals surface area contributed by atoms with Crippen molar-refractivity contribution in [3.05, 3.63) is 42.0 Å². The molecule has 156 valence electrons. The molecule has 0 bridgehead atoms. The summed E-state index contributed by atoms with van der Waals surface area (Å²) in [5, 5.41) is 0. The summed E-state index contributed by atoms with van der Waals surface area (Å²) in [7, 11) is -3.72. The molecule has 0 saturated carbocycles. The molecule has 9 heteroatoms. The molecule has 1 aromatic carbocycles. The van der Waals surface area contributed by atoms with Crippen molar-refractivity contribution in [2.24, 2.45) is 0 Å². The van der Waals surface area contributed by atoms with Crippen LogP contribution in [0, 0.1) is 12.7 Å². The van der Waals surface area contributed by atoms with Gasteiger partial charge in [-0.2, -0.15) is 4.31 Å². The molecule has 0 unspecified atom stereocenters. The van der Waals surface area contributed by atoms with E-state index in [4.69, 9.17) is 0 Å². The van der Waals surface area contributed by atoms with Crippen LogP contribution in [-0.4, -0.2) is 62.0 Å². The Kier molecular flexibility index (Phi) is 5.69. The topological polar surface area (TPSA) is 69.6 Å². The number of hydrogen-bond acceptors (Lipinski definition) is 6. The van der Waals surface area contributed by atoms with E-state index in [0.717, 1.165) is 30.8 Å². The first-order valence-electron chi connectivity index (χ1n) is 10.0. The highest BCUT2D eigenvalue weighted by Gasteiger charge is 2.30. The molecule has 0 N–H and O–H groups in total. The standard InChI is InChI=1S/C20H26FN5O2S/c1-16-5-6-17(21)13-18(16)29(27,28)26-11-9-25(10-12-26)20-14-19(22-15-23-20)24-7-3-2-4-8-24/h5-6,13-15H,2-4,7-12H2,1H3. The minimum Gasteiger partial charge on any atom is -0.356 e. The van der Waals surface area contributed by atoms with E-state index >= 15 is 0 Å². The first kappa shape index (κ1) is 20.0. The number of aromatic nitrogens is 2. The third kappa shape index (κ3) is 4.20. The van der Waals surface area contributed by atoms with Crippen LogP contribution in [0.5, 0.6) is 0 Å². The van der Waals surface area contributed by atoms with Crippen LogP contribution in [-0.2, 0) is 10.0 Å². The van der Waals surface area contributed by atoms with Crippen molar-refractivity contribution in [2.75, 3.05) is 49.1 Å². The number of hydrogen-bond donors (Lipinski definition) is 0. The Morgan fingerprint density at radius 2 is 1.48 bits per heavy atom. The lowest BCUT2D eigenvalue weighted by atomic mass is 10.1. The predicted molar refractivity (Wildman–Crippen MR) is 110 cm³/mol. The molecule has 2 saturated heterocycles. The molecule has 3 heterocycles. The summed E-state index contributed by atoms with van der Waals surface area (Å²) in [6, 6.07) is 5.88. The zero-order valence-electron chi connectivity index (χ0n) is 16.6. The number of benzene rings is 1. The molecular formula is C20H26FN5O2S. The average Bonchev–Trinajstić information content (AvgIpc) is 2.76. The lowest BCUT2D eigenvalue weighted by molar-refractivity contribution is 0.383. The number of rotatable bonds is 4. The van der Waals surface area contributed by atoms with Crippen molar-refractivity contribution in [1.29, 1.82) is 0 Å². The van der Waals surface area contributed by atoms with Gasteiger partial charge in [0.2, 0.25) is 10.0 Å². The fraction of sp³-hybridized carbons (Fsp3) is 0.500. The molecule has 29 heavy (non-hydrogen) atoms. The Hall–Kier alpha value is -2.26. The number of sulfonamides is 1.